The van der Waals surface area contributed by atoms with Crippen molar-refractivity contribution in [2.75, 3.05) is 13.1 Å². The lowest BCUT2D eigenvalue weighted by Crippen LogP contribution is -2.35. The van der Waals surface area contributed by atoms with E-state index >= 15 is 0 Å². The maximum absolute atomic E-state index is 12.8. The summed E-state index contributed by atoms with van der Waals surface area (Å²) in [5.74, 6) is -0.0690. The lowest BCUT2D eigenvalue weighted by Gasteiger charge is -2.26. The van der Waals surface area contributed by atoms with Crippen LogP contribution in [0, 0.1) is 0 Å². The summed E-state index contributed by atoms with van der Waals surface area (Å²) >= 11 is 0. The van der Waals surface area contributed by atoms with Crippen molar-refractivity contribution in [3.8, 4) is 0 Å². The molecule has 1 aliphatic rings. The molecule has 1 aromatic carbocycles. The van der Waals surface area contributed by atoms with Crippen molar-refractivity contribution in [1.29, 1.82) is 0 Å². The minimum Gasteiger partial charge on any atom is -0.352 e. The summed E-state index contributed by atoms with van der Waals surface area (Å²) in [6.07, 6.45) is 7.34. The van der Waals surface area contributed by atoms with E-state index in [0.29, 0.717) is 37.4 Å². The average molecular weight is 391 g/mol. The minimum atomic E-state index is -3.46. The highest BCUT2D eigenvalue weighted by Gasteiger charge is 2.25. The molecule has 0 saturated carbocycles. The van der Waals surface area contributed by atoms with Gasteiger partial charge in [0.05, 0.1) is 11.2 Å². The number of hydrogen-bond donors (Lipinski definition) is 1. The molecule has 1 N–H and O–H groups in total. The molecule has 1 aromatic heterocycles. The number of carbonyl (C=O) groups is 1. The number of benzene rings is 1. The second kappa shape index (κ2) is 8.67. The van der Waals surface area contributed by atoms with E-state index in [1.807, 2.05) is 17.7 Å². The number of nitrogens with zero attached hydrogens (tertiary/aromatic N) is 3. The summed E-state index contributed by atoms with van der Waals surface area (Å²) in [5, 5.41) is 2.86. The van der Waals surface area contributed by atoms with Crippen LogP contribution in [-0.4, -0.2) is 41.3 Å². The molecule has 1 amide bonds. The molecule has 0 unspecified atom stereocenters. The molecule has 0 atom stereocenters. The van der Waals surface area contributed by atoms with Crippen LogP contribution >= 0.6 is 0 Å². The van der Waals surface area contributed by atoms with Gasteiger partial charge >= 0.3 is 0 Å². The van der Waals surface area contributed by atoms with Crippen LogP contribution in [0.4, 0.5) is 0 Å². The number of imidazole rings is 1. The van der Waals surface area contributed by atoms with E-state index in [2.05, 4.69) is 10.3 Å². The fourth-order valence-corrected chi connectivity index (χ4v) is 4.81. The smallest absolute Gasteiger partial charge is 0.243 e. The number of piperidine rings is 1. The normalized spacial score (nSPS) is 15.6. The van der Waals surface area contributed by atoms with Gasteiger partial charge in [0.15, 0.2) is 0 Å². The van der Waals surface area contributed by atoms with E-state index in [1.54, 1.807) is 35.0 Å². The van der Waals surface area contributed by atoms with E-state index in [0.717, 1.165) is 30.5 Å². The lowest BCUT2D eigenvalue weighted by atomic mass is 10.2. The number of sulfonamides is 1. The zero-order chi connectivity index (χ0) is 19.3. The maximum Gasteiger partial charge on any atom is 0.243 e. The van der Waals surface area contributed by atoms with Gasteiger partial charge in [0.25, 0.3) is 0 Å². The summed E-state index contributed by atoms with van der Waals surface area (Å²) in [6.45, 7) is 1.47. The van der Waals surface area contributed by atoms with Gasteiger partial charge in [0.1, 0.15) is 0 Å². The second-order valence-corrected chi connectivity index (χ2v) is 8.82. The third-order valence-electron chi connectivity index (χ3n) is 4.87. The van der Waals surface area contributed by atoms with Gasteiger partial charge in [-0.3, -0.25) is 4.79 Å². The molecular formula is C19H26N4O3S. The van der Waals surface area contributed by atoms with Crippen LogP contribution < -0.4 is 5.32 Å². The van der Waals surface area contributed by atoms with Gasteiger partial charge in [0.2, 0.25) is 15.9 Å². The predicted octanol–water partition coefficient (Wildman–Crippen LogP) is 1.84. The Balaban J connectivity index is 1.57. The van der Waals surface area contributed by atoms with Gasteiger partial charge < -0.3 is 9.88 Å². The Morgan fingerprint density at radius 3 is 2.70 bits per heavy atom. The first-order valence-electron chi connectivity index (χ1n) is 9.28. The Bertz CT molecular complexity index is 886. The average Bonchev–Trinajstić information content (AvgIpc) is 3.10. The number of aryl methyl sites for hydroxylation is 2. The van der Waals surface area contributed by atoms with Crippen LogP contribution in [0.15, 0.2) is 41.7 Å². The van der Waals surface area contributed by atoms with Gasteiger partial charge in [-0.25, -0.2) is 13.4 Å². The molecule has 0 spiro atoms. The van der Waals surface area contributed by atoms with Crippen molar-refractivity contribution in [2.45, 2.75) is 43.5 Å². The predicted molar refractivity (Wildman–Crippen MR) is 102 cm³/mol. The van der Waals surface area contributed by atoms with Crippen LogP contribution in [0.1, 0.15) is 36.9 Å². The van der Waals surface area contributed by atoms with Crippen LogP contribution in [0.2, 0.25) is 0 Å². The van der Waals surface area contributed by atoms with Crippen molar-refractivity contribution >= 4 is 15.9 Å². The van der Waals surface area contributed by atoms with Crippen molar-refractivity contribution in [1.82, 2.24) is 19.2 Å². The fraction of sp³-hybridized carbons (Fsp3) is 0.474. The molecule has 1 fully saturated rings. The number of carbonyl (C=O) groups excluding carboxylic acids is 1. The van der Waals surface area contributed by atoms with Crippen molar-refractivity contribution in [2.24, 2.45) is 7.05 Å². The second-order valence-electron chi connectivity index (χ2n) is 6.88. The zero-order valence-corrected chi connectivity index (χ0v) is 16.4. The number of nitrogens with one attached hydrogen (secondary N) is 1. The topological polar surface area (TPSA) is 84.3 Å². The van der Waals surface area contributed by atoms with Crippen LogP contribution in [0.3, 0.4) is 0 Å². The summed E-state index contributed by atoms with van der Waals surface area (Å²) in [7, 11) is -1.56. The zero-order valence-electron chi connectivity index (χ0n) is 15.6. The Morgan fingerprint density at radius 2 is 2.00 bits per heavy atom. The molecule has 2 heterocycles. The first-order chi connectivity index (χ1) is 13.0. The Morgan fingerprint density at radius 1 is 1.22 bits per heavy atom. The van der Waals surface area contributed by atoms with E-state index in [9.17, 15) is 13.2 Å². The first-order valence-corrected chi connectivity index (χ1v) is 10.7. The van der Waals surface area contributed by atoms with E-state index in [4.69, 9.17) is 0 Å². The van der Waals surface area contributed by atoms with Crippen LogP contribution in [0.5, 0.6) is 0 Å². The van der Waals surface area contributed by atoms with Gasteiger partial charge in [-0.1, -0.05) is 18.6 Å². The number of rotatable bonds is 7. The Kier molecular flexibility index (Phi) is 6.28. The highest BCUT2D eigenvalue weighted by molar-refractivity contribution is 7.89. The van der Waals surface area contributed by atoms with Crippen molar-refractivity contribution in [3.05, 3.63) is 48.0 Å². The molecule has 7 nitrogen and oxygen atoms in total. The van der Waals surface area contributed by atoms with Crippen molar-refractivity contribution < 1.29 is 13.2 Å². The van der Waals surface area contributed by atoms with Gasteiger partial charge in [0, 0.05) is 45.0 Å². The number of aromatic nitrogens is 2. The molecule has 8 heteroatoms. The quantitative estimate of drug-likeness (QED) is 0.782. The highest BCUT2D eigenvalue weighted by atomic mass is 32.2. The monoisotopic (exact) mass is 390 g/mol. The number of hydrogen-bond acceptors (Lipinski definition) is 4. The highest BCUT2D eigenvalue weighted by Crippen LogP contribution is 2.21. The van der Waals surface area contributed by atoms with E-state index in [1.165, 1.54) is 0 Å². The summed E-state index contributed by atoms with van der Waals surface area (Å²) in [4.78, 5) is 16.4. The van der Waals surface area contributed by atoms with Gasteiger partial charge in [-0.2, -0.15) is 4.31 Å². The molecule has 3 rings (SSSR count). The molecule has 0 radical (unpaired) electrons. The number of amides is 1. The standard InChI is InChI=1S/C19H26N4O3S/c1-22-15-20-14-17(22)8-9-19(24)21-13-16-6-5-7-18(12-16)27(25,26)23-10-3-2-4-11-23/h5-7,12,14-15H,2-4,8-11,13H2,1H3,(H,21,24). The lowest BCUT2D eigenvalue weighted by molar-refractivity contribution is -0.121. The van der Waals surface area contributed by atoms with Gasteiger partial charge in [-0.05, 0) is 37.0 Å². The summed E-state index contributed by atoms with van der Waals surface area (Å²) in [5.41, 5.74) is 1.78. The molecule has 1 aliphatic heterocycles. The molecule has 0 bridgehead atoms. The first kappa shape index (κ1) is 19.6. The Hall–Kier alpha value is -2.19. The van der Waals surface area contributed by atoms with Gasteiger partial charge in [-0.15, -0.1) is 0 Å². The molecular weight excluding hydrogens is 364 g/mol. The third-order valence-corrected chi connectivity index (χ3v) is 6.76. The molecule has 2 aromatic rings. The molecule has 1 saturated heterocycles. The van der Waals surface area contributed by atoms with Crippen molar-refractivity contribution in [3.63, 3.8) is 0 Å². The summed E-state index contributed by atoms with van der Waals surface area (Å²) < 4.78 is 29.0. The molecule has 146 valence electrons. The van der Waals surface area contributed by atoms with Crippen LogP contribution in [-0.2, 0) is 34.8 Å². The largest absolute Gasteiger partial charge is 0.352 e. The maximum atomic E-state index is 12.8. The molecule has 0 aliphatic carbocycles. The fourth-order valence-electron chi connectivity index (χ4n) is 3.23. The Labute approximate surface area is 160 Å². The SMILES string of the molecule is Cn1cncc1CCC(=O)NCc1cccc(S(=O)(=O)N2CCCCC2)c1. The van der Waals surface area contributed by atoms with E-state index in [-0.39, 0.29) is 5.91 Å². The van der Waals surface area contributed by atoms with E-state index < -0.39 is 10.0 Å². The molecule has 27 heavy (non-hydrogen) atoms. The summed E-state index contributed by atoms with van der Waals surface area (Å²) in [6, 6.07) is 6.84. The third kappa shape index (κ3) is 4.95. The minimum absolute atomic E-state index is 0.0690. The van der Waals surface area contributed by atoms with Crippen LogP contribution in [0.25, 0.3) is 0 Å².